The lowest BCUT2D eigenvalue weighted by Gasteiger charge is -2.25. The van der Waals surface area contributed by atoms with Crippen molar-refractivity contribution >= 4 is 26.0 Å². The number of rotatable bonds is 5. The van der Waals surface area contributed by atoms with E-state index in [4.69, 9.17) is 0 Å². The molecule has 0 radical (unpaired) electrons. The average Bonchev–Trinajstić information content (AvgIpc) is 2.40. The van der Waals surface area contributed by atoms with Gasteiger partial charge in [-0.25, -0.2) is 13.1 Å². The molecule has 2 rings (SSSR count). The summed E-state index contributed by atoms with van der Waals surface area (Å²) in [5, 5.41) is 0. The first kappa shape index (κ1) is 15.0. The molecule has 106 valence electrons. The largest absolute Gasteiger partial charge is 0.212 e. The first-order chi connectivity index (χ1) is 9.05. The van der Waals surface area contributed by atoms with E-state index >= 15 is 0 Å². The van der Waals surface area contributed by atoms with Gasteiger partial charge < -0.3 is 0 Å². The summed E-state index contributed by atoms with van der Waals surface area (Å²) >= 11 is 3.58. The Labute approximate surface area is 124 Å². The van der Waals surface area contributed by atoms with E-state index < -0.39 is 10.0 Å². The Kier molecular flexibility index (Phi) is 5.42. The van der Waals surface area contributed by atoms with Crippen molar-refractivity contribution in [3.05, 3.63) is 35.9 Å². The number of nitrogens with one attached hydrogen (secondary N) is 1. The molecule has 1 N–H and O–H groups in total. The molecule has 5 heteroatoms. The van der Waals surface area contributed by atoms with Crippen LogP contribution in [-0.2, 0) is 16.4 Å². The van der Waals surface area contributed by atoms with E-state index in [0.717, 1.165) is 31.2 Å². The molecule has 0 saturated heterocycles. The fraction of sp³-hybridized carbons (Fsp3) is 0.571. The van der Waals surface area contributed by atoms with Gasteiger partial charge in [0.1, 0.15) is 0 Å². The Bertz CT molecular complexity index is 481. The molecule has 0 spiro atoms. The zero-order valence-corrected chi connectivity index (χ0v) is 13.3. The average molecular weight is 346 g/mol. The van der Waals surface area contributed by atoms with Gasteiger partial charge in [0.15, 0.2) is 0 Å². The van der Waals surface area contributed by atoms with Gasteiger partial charge in [0, 0.05) is 10.9 Å². The van der Waals surface area contributed by atoms with Gasteiger partial charge in [-0.15, -0.1) is 0 Å². The Hall–Kier alpha value is -0.390. The minimum absolute atomic E-state index is 0.120. The summed E-state index contributed by atoms with van der Waals surface area (Å²) in [5.74, 6) is 0.172. The predicted molar refractivity (Wildman–Crippen MR) is 82.0 cm³/mol. The van der Waals surface area contributed by atoms with Gasteiger partial charge in [-0.2, -0.15) is 0 Å². The first-order valence-electron chi connectivity index (χ1n) is 6.73. The highest BCUT2D eigenvalue weighted by Crippen LogP contribution is 2.24. The molecule has 0 bridgehead atoms. The van der Waals surface area contributed by atoms with E-state index in [1.54, 1.807) is 0 Å². The minimum Gasteiger partial charge on any atom is -0.212 e. The highest BCUT2D eigenvalue weighted by atomic mass is 79.9. The topological polar surface area (TPSA) is 46.2 Å². The number of hydrogen-bond acceptors (Lipinski definition) is 2. The summed E-state index contributed by atoms with van der Waals surface area (Å²) in [4.78, 5) is 0.553. The number of benzene rings is 1. The lowest BCUT2D eigenvalue weighted by Crippen LogP contribution is -2.39. The zero-order chi connectivity index (χ0) is 13.7. The van der Waals surface area contributed by atoms with Gasteiger partial charge in [0.2, 0.25) is 10.0 Å². The third-order valence-electron chi connectivity index (χ3n) is 3.51. The monoisotopic (exact) mass is 345 g/mol. The van der Waals surface area contributed by atoms with Crippen LogP contribution in [0.1, 0.15) is 31.2 Å². The fourth-order valence-corrected chi connectivity index (χ4v) is 4.27. The van der Waals surface area contributed by atoms with E-state index in [1.807, 2.05) is 30.3 Å². The van der Waals surface area contributed by atoms with Crippen molar-refractivity contribution in [3.8, 4) is 0 Å². The number of alkyl halides is 1. The van der Waals surface area contributed by atoms with E-state index in [9.17, 15) is 8.42 Å². The van der Waals surface area contributed by atoms with Gasteiger partial charge in [-0.1, -0.05) is 46.3 Å². The van der Waals surface area contributed by atoms with Crippen LogP contribution in [0.25, 0.3) is 0 Å². The van der Waals surface area contributed by atoms with Crippen LogP contribution in [0.4, 0.5) is 0 Å². The maximum atomic E-state index is 12.0. The lowest BCUT2D eigenvalue weighted by molar-refractivity contribution is 0.422. The van der Waals surface area contributed by atoms with Crippen molar-refractivity contribution in [2.45, 2.75) is 43.0 Å². The molecule has 0 unspecified atom stereocenters. The molecule has 1 aliphatic rings. The number of sulfonamides is 1. The van der Waals surface area contributed by atoms with Crippen molar-refractivity contribution < 1.29 is 8.42 Å². The van der Waals surface area contributed by atoms with E-state index in [2.05, 4.69) is 20.7 Å². The van der Waals surface area contributed by atoms with Crippen LogP contribution in [0.2, 0.25) is 0 Å². The SMILES string of the molecule is O=S(=O)(CCc1ccccc1)NC1CCC(Br)CC1. The summed E-state index contributed by atoms with van der Waals surface area (Å²) in [6.45, 7) is 0. The van der Waals surface area contributed by atoms with E-state index in [-0.39, 0.29) is 11.8 Å². The second-order valence-corrected chi connectivity index (χ2v) is 8.29. The molecule has 0 amide bonds. The smallest absolute Gasteiger partial charge is 0.212 e. The number of halogens is 1. The summed E-state index contributed by atoms with van der Waals surface area (Å²) < 4.78 is 26.9. The predicted octanol–water partition coefficient (Wildman–Crippen LogP) is 2.85. The Morgan fingerprint density at radius 2 is 1.74 bits per heavy atom. The maximum Gasteiger partial charge on any atom is 0.212 e. The molecule has 3 nitrogen and oxygen atoms in total. The first-order valence-corrected chi connectivity index (χ1v) is 9.30. The molecule has 0 atom stereocenters. The Balaban J connectivity index is 1.82. The molecule has 1 fully saturated rings. The quantitative estimate of drug-likeness (QED) is 0.834. The van der Waals surface area contributed by atoms with Gasteiger partial charge in [0.25, 0.3) is 0 Å². The maximum absolute atomic E-state index is 12.0. The van der Waals surface area contributed by atoms with Crippen LogP contribution >= 0.6 is 15.9 Å². The summed E-state index contributed by atoms with van der Waals surface area (Å²) in [5.41, 5.74) is 1.07. The second kappa shape index (κ2) is 6.86. The molecule has 1 aliphatic carbocycles. The highest BCUT2D eigenvalue weighted by Gasteiger charge is 2.23. The van der Waals surface area contributed by atoms with Crippen molar-refractivity contribution in [3.63, 3.8) is 0 Å². The van der Waals surface area contributed by atoms with Crippen LogP contribution in [0.3, 0.4) is 0 Å². The molecule has 0 aliphatic heterocycles. The standard InChI is InChI=1S/C14H20BrNO2S/c15-13-6-8-14(9-7-13)16-19(17,18)11-10-12-4-2-1-3-5-12/h1-5,13-14,16H,6-11H2. The summed E-state index contributed by atoms with van der Waals surface area (Å²) in [6, 6.07) is 9.86. The Morgan fingerprint density at radius 1 is 1.11 bits per heavy atom. The van der Waals surface area contributed by atoms with Crippen LogP contribution in [-0.4, -0.2) is 25.0 Å². The van der Waals surface area contributed by atoms with Crippen LogP contribution in [0.15, 0.2) is 30.3 Å². The van der Waals surface area contributed by atoms with Crippen LogP contribution < -0.4 is 4.72 Å². The van der Waals surface area contributed by atoms with Gasteiger partial charge in [-0.3, -0.25) is 0 Å². The van der Waals surface area contributed by atoms with Crippen molar-refractivity contribution in [2.75, 3.05) is 5.75 Å². The fourth-order valence-electron chi connectivity index (χ4n) is 2.38. The van der Waals surface area contributed by atoms with E-state index in [1.165, 1.54) is 0 Å². The van der Waals surface area contributed by atoms with Crippen LogP contribution in [0.5, 0.6) is 0 Å². The Morgan fingerprint density at radius 3 is 2.37 bits per heavy atom. The van der Waals surface area contributed by atoms with Gasteiger partial charge in [-0.05, 0) is 37.7 Å². The number of aryl methyl sites for hydroxylation is 1. The van der Waals surface area contributed by atoms with Crippen molar-refractivity contribution in [1.29, 1.82) is 0 Å². The highest BCUT2D eigenvalue weighted by molar-refractivity contribution is 9.09. The summed E-state index contributed by atoms with van der Waals surface area (Å²) in [6.07, 6.45) is 4.53. The van der Waals surface area contributed by atoms with E-state index in [0.29, 0.717) is 11.2 Å². The lowest BCUT2D eigenvalue weighted by atomic mass is 9.96. The molecule has 0 aromatic heterocycles. The van der Waals surface area contributed by atoms with Gasteiger partial charge >= 0.3 is 0 Å². The van der Waals surface area contributed by atoms with Crippen molar-refractivity contribution in [2.24, 2.45) is 0 Å². The van der Waals surface area contributed by atoms with Gasteiger partial charge in [0.05, 0.1) is 5.75 Å². The zero-order valence-electron chi connectivity index (χ0n) is 10.9. The third-order valence-corrected chi connectivity index (χ3v) is 5.85. The van der Waals surface area contributed by atoms with Crippen LogP contribution in [0, 0.1) is 0 Å². The molecule has 19 heavy (non-hydrogen) atoms. The molecule has 1 aromatic carbocycles. The molecule has 0 heterocycles. The third kappa shape index (κ3) is 5.24. The molecular weight excluding hydrogens is 326 g/mol. The molecule has 1 saturated carbocycles. The minimum atomic E-state index is -3.16. The molecule has 1 aromatic rings. The summed E-state index contributed by atoms with van der Waals surface area (Å²) in [7, 11) is -3.16. The second-order valence-electron chi connectivity index (χ2n) is 5.12. The molecular formula is C14H20BrNO2S. The van der Waals surface area contributed by atoms with Crippen molar-refractivity contribution in [1.82, 2.24) is 4.72 Å². The number of hydrogen-bond donors (Lipinski definition) is 1. The normalized spacial score (nSPS) is 24.3.